The van der Waals surface area contributed by atoms with Crippen molar-refractivity contribution in [3.8, 4) is 0 Å². The van der Waals surface area contributed by atoms with Crippen LogP contribution in [-0.2, 0) is 14.0 Å². The fourth-order valence-electron chi connectivity index (χ4n) is 3.83. The van der Waals surface area contributed by atoms with Crippen molar-refractivity contribution in [2.75, 3.05) is 18.5 Å². The predicted molar refractivity (Wildman–Crippen MR) is 132 cm³/mol. The molecule has 1 N–H and O–H groups in total. The van der Waals surface area contributed by atoms with Gasteiger partial charge in [0.1, 0.15) is 11.5 Å². The maximum atomic E-state index is 12.8. The highest BCUT2D eigenvalue weighted by Gasteiger charge is 2.50. The van der Waals surface area contributed by atoms with E-state index in [2.05, 4.69) is 50.4 Å². The summed E-state index contributed by atoms with van der Waals surface area (Å²) in [5.41, 5.74) is 0. The highest BCUT2D eigenvalue weighted by atomic mass is 32.1. The molecule has 0 aliphatic rings. The number of esters is 1. The lowest BCUT2D eigenvalue weighted by molar-refractivity contribution is -0.118. The Balaban J connectivity index is 1.85. The SMILES string of the molecule is CCOC(=O)c1ccc(NC(=O)CO[Si](c2ccccc2)(c2ccccc2)C(C)(C)C)s1. The first-order valence-corrected chi connectivity index (χ1v) is 13.3. The van der Waals surface area contributed by atoms with E-state index in [0.717, 1.165) is 10.4 Å². The zero-order chi connectivity index (χ0) is 23.2. The van der Waals surface area contributed by atoms with Gasteiger partial charge in [0.05, 0.1) is 11.6 Å². The van der Waals surface area contributed by atoms with Crippen LogP contribution < -0.4 is 15.7 Å². The molecule has 0 aliphatic heterocycles. The smallest absolute Gasteiger partial charge is 0.348 e. The first-order chi connectivity index (χ1) is 15.3. The number of thiophene rings is 1. The number of carbonyl (C=O) groups excluding carboxylic acids is 2. The van der Waals surface area contributed by atoms with Crippen LogP contribution in [0, 0.1) is 0 Å². The molecule has 3 aromatic rings. The van der Waals surface area contributed by atoms with Gasteiger partial charge in [-0.05, 0) is 34.5 Å². The molecule has 3 rings (SSSR count). The molecule has 0 saturated heterocycles. The highest BCUT2D eigenvalue weighted by Crippen LogP contribution is 2.36. The van der Waals surface area contributed by atoms with E-state index in [4.69, 9.17) is 9.16 Å². The van der Waals surface area contributed by atoms with Gasteiger partial charge < -0.3 is 14.5 Å². The van der Waals surface area contributed by atoms with Gasteiger partial charge in [-0.1, -0.05) is 81.4 Å². The molecule has 0 fully saturated rings. The minimum atomic E-state index is -2.78. The number of nitrogens with one attached hydrogen (secondary N) is 1. The van der Waals surface area contributed by atoms with E-state index in [1.807, 2.05) is 36.4 Å². The Morgan fingerprint density at radius 1 is 0.906 bits per heavy atom. The Labute approximate surface area is 194 Å². The van der Waals surface area contributed by atoms with Crippen LogP contribution >= 0.6 is 11.3 Å². The van der Waals surface area contributed by atoms with Gasteiger partial charge in [0.25, 0.3) is 8.32 Å². The summed E-state index contributed by atoms with van der Waals surface area (Å²) < 4.78 is 11.6. The Morgan fingerprint density at radius 3 is 1.97 bits per heavy atom. The number of benzene rings is 2. The van der Waals surface area contributed by atoms with E-state index in [0.29, 0.717) is 16.5 Å². The molecule has 168 valence electrons. The van der Waals surface area contributed by atoms with Crippen molar-refractivity contribution in [3.63, 3.8) is 0 Å². The van der Waals surface area contributed by atoms with Crippen molar-refractivity contribution < 1.29 is 18.8 Å². The summed E-state index contributed by atoms with van der Waals surface area (Å²) in [6.45, 7) is 8.49. The van der Waals surface area contributed by atoms with Crippen molar-refractivity contribution in [3.05, 3.63) is 77.7 Å². The van der Waals surface area contributed by atoms with Gasteiger partial charge in [0, 0.05) is 0 Å². The quantitative estimate of drug-likeness (QED) is 0.393. The molecule has 0 saturated carbocycles. The largest absolute Gasteiger partial charge is 0.462 e. The predicted octanol–water partition coefficient (Wildman–Crippen LogP) is 4.44. The van der Waals surface area contributed by atoms with Crippen molar-refractivity contribution >= 4 is 46.9 Å². The molecule has 0 atom stereocenters. The maximum absolute atomic E-state index is 12.8. The van der Waals surface area contributed by atoms with Crippen molar-refractivity contribution in [2.24, 2.45) is 0 Å². The first-order valence-electron chi connectivity index (χ1n) is 10.6. The summed E-state index contributed by atoms with van der Waals surface area (Å²) in [6.07, 6.45) is 0. The number of carbonyl (C=O) groups is 2. The molecule has 1 aromatic heterocycles. The van der Waals surface area contributed by atoms with Crippen molar-refractivity contribution in [1.82, 2.24) is 0 Å². The number of hydrogen-bond donors (Lipinski definition) is 1. The van der Waals surface area contributed by atoms with E-state index < -0.39 is 8.32 Å². The van der Waals surface area contributed by atoms with Crippen LogP contribution in [0.5, 0.6) is 0 Å². The van der Waals surface area contributed by atoms with Gasteiger partial charge >= 0.3 is 5.97 Å². The second kappa shape index (κ2) is 10.2. The van der Waals surface area contributed by atoms with Gasteiger partial charge in [0.15, 0.2) is 0 Å². The molecule has 0 aliphatic carbocycles. The van der Waals surface area contributed by atoms with Crippen LogP contribution in [0.25, 0.3) is 0 Å². The van der Waals surface area contributed by atoms with Crippen LogP contribution in [0.4, 0.5) is 5.00 Å². The Morgan fingerprint density at radius 2 is 1.47 bits per heavy atom. The lowest BCUT2D eigenvalue weighted by Crippen LogP contribution is -2.67. The van der Waals surface area contributed by atoms with E-state index in [1.165, 1.54) is 11.3 Å². The van der Waals surface area contributed by atoms with E-state index in [-0.39, 0.29) is 23.5 Å². The molecule has 5 nitrogen and oxygen atoms in total. The number of amides is 1. The molecule has 32 heavy (non-hydrogen) atoms. The van der Waals surface area contributed by atoms with Crippen molar-refractivity contribution in [2.45, 2.75) is 32.7 Å². The average Bonchev–Trinajstić information content (AvgIpc) is 3.23. The Bertz CT molecular complexity index is 1010. The van der Waals surface area contributed by atoms with Crippen LogP contribution in [0.15, 0.2) is 72.8 Å². The summed E-state index contributed by atoms with van der Waals surface area (Å²) in [4.78, 5) is 25.2. The zero-order valence-corrected chi connectivity index (χ0v) is 20.7. The number of rotatable bonds is 8. The second-order valence-electron chi connectivity index (χ2n) is 8.38. The van der Waals surface area contributed by atoms with Gasteiger partial charge in [-0.25, -0.2) is 4.79 Å². The summed E-state index contributed by atoms with van der Waals surface area (Å²) >= 11 is 1.19. The molecular weight excluding hydrogens is 438 g/mol. The molecule has 0 spiro atoms. The maximum Gasteiger partial charge on any atom is 0.348 e. The number of ether oxygens (including phenoxy) is 1. The second-order valence-corrected chi connectivity index (χ2v) is 13.8. The zero-order valence-electron chi connectivity index (χ0n) is 18.9. The molecule has 0 radical (unpaired) electrons. The highest BCUT2D eigenvalue weighted by molar-refractivity contribution is 7.18. The molecule has 0 unspecified atom stereocenters. The van der Waals surface area contributed by atoms with Gasteiger partial charge in [-0.15, -0.1) is 11.3 Å². The summed E-state index contributed by atoms with van der Waals surface area (Å²) in [6, 6.07) is 23.7. The normalized spacial score (nSPS) is 11.8. The van der Waals surface area contributed by atoms with Crippen LogP contribution in [0.2, 0.25) is 5.04 Å². The molecule has 1 amide bonds. The topological polar surface area (TPSA) is 64.6 Å². The van der Waals surface area contributed by atoms with E-state index in [1.54, 1.807) is 19.1 Å². The first kappa shape index (κ1) is 23.9. The summed E-state index contributed by atoms with van der Waals surface area (Å²) in [5, 5.41) is 5.47. The van der Waals surface area contributed by atoms with Crippen LogP contribution in [0.3, 0.4) is 0 Å². The fourth-order valence-corrected chi connectivity index (χ4v) is 9.15. The molecular formula is C25H29NO4SSi. The Hall–Kier alpha value is -2.74. The Kier molecular flexibility index (Phi) is 7.66. The third-order valence-corrected chi connectivity index (χ3v) is 11.1. The monoisotopic (exact) mass is 467 g/mol. The standard InChI is InChI=1S/C25H29NO4SSi/c1-5-29-24(28)21-16-17-23(31-21)26-22(27)18-30-32(25(2,3)4,19-12-8-6-9-13-19)20-14-10-7-11-15-20/h6-17H,5,18H2,1-4H3,(H,26,27). The van der Waals surface area contributed by atoms with Gasteiger partial charge in [0.2, 0.25) is 5.91 Å². The average molecular weight is 468 g/mol. The lowest BCUT2D eigenvalue weighted by atomic mass is 10.2. The number of hydrogen-bond acceptors (Lipinski definition) is 5. The van der Waals surface area contributed by atoms with E-state index >= 15 is 0 Å². The third-order valence-electron chi connectivity index (χ3n) is 5.18. The van der Waals surface area contributed by atoms with Crippen LogP contribution in [0.1, 0.15) is 37.4 Å². The minimum absolute atomic E-state index is 0.0834. The van der Waals surface area contributed by atoms with Crippen LogP contribution in [-0.4, -0.2) is 33.4 Å². The van der Waals surface area contributed by atoms with Gasteiger partial charge in [-0.3, -0.25) is 4.79 Å². The molecule has 0 bridgehead atoms. The number of anilines is 1. The summed E-state index contributed by atoms with van der Waals surface area (Å²) in [7, 11) is -2.78. The van der Waals surface area contributed by atoms with E-state index in [9.17, 15) is 9.59 Å². The lowest BCUT2D eigenvalue weighted by Gasteiger charge is -2.42. The summed E-state index contributed by atoms with van der Waals surface area (Å²) in [5.74, 6) is -0.642. The van der Waals surface area contributed by atoms with Crippen molar-refractivity contribution in [1.29, 1.82) is 0 Å². The third kappa shape index (κ3) is 5.18. The molecule has 7 heteroatoms. The molecule has 1 heterocycles. The van der Waals surface area contributed by atoms with Gasteiger partial charge in [-0.2, -0.15) is 0 Å². The molecule has 2 aromatic carbocycles. The fraction of sp³-hybridized carbons (Fsp3) is 0.280. The minimum Gasteiger partial charge on any atom is -0.462 e.